The summed E-state index contributed by atoms with van der Waals surface area (Å²) in [5.41, 5.74) is 0.346. The second-order valence-electron chi connectivity index (χ2n) is 2.87. The van der Waals surface area contributed by atoms with Gasteiger partial charge in [-0.05, 0) is 51.6 Å². The van der Waals surface area contributed by atoms with E-state index in [9.17, 15) is 5.11 Å². The highest BCUT2D eigenvalue weighted by atomic mass is 127. The molecule has 3 nitrogen and oxygen atoms in total. The molecule has 0 fully saturated rings. The van der Waals surface area contributed by atoms with Gasteiger partial charge in [0.2, 0.25) is 0 Å². The van der Waals surface area contributed by atoms with Gasteiger partial charge in [-0.3, -0.25) is 0 Å². The van der Waals surface area contributed by atoms with Crippen molar-refractivity contribution >= 4 is 56.6 Å². The summed E-state index contributed by atoms with van der Waals surface area (Å²) in [6, 6.07) is 4.86. The smallest absolute Gasteiger partial charge is 0.489 e. The highest BCUT2D eigenvalue weighted by Gasteiger charge is 2.17. The van der Waals surface area contributed by atoms with Crippen LogP contribution in [0.5, 0.6) is 5.75 Å². The molecule has 0 spiro atoms. The van der Waals surface area contributed by atoms with Gasteiger partial charge >= 0.3 is 7.12 Å². The maximum Gasteiger partial charge on any atom is 0.489 e. The standard InChI is InChI=1S/C8H6BIO3S/c10-8-3-5-6(9(12)13)1-4(11)2-7(5)14-8/h1-3,11-13H. The first-order chi connectivity index (χ1) is 6.58. The summed E-state index contributed by atoms with van der Waals surface area (Å²) in [6.45, 7) is 0. The van der Waals surface area contributed by atoms with Crippen LogP contribution in [0.25, 0.3) is 10.1 Å². The number of benzene rings is 1. The van der Waals surface area contributed by atoms with Crippen molar-refractivity contribution in [2.24, 2.45) is 0 Å². The zero-order valence-corrected chi connectivity index (χ0v) is 9.91. The minimum Gasteiger partial charge on any atom is -0.508 e. The first-order valence-corrected chi connectivity index (χ1v) is 5.75. The number of hydrogen-bond acceptors (Lipinski definition) is 4. The van der Waals surface area contributed by atoms with E-state index in [1.165, 1.54) is 17.4 Å². The number of aromatic hydroxyl groups is 1. The van der Waals surface area contributed by atoms with Gasteiger partial charge in [0.05, 0.1) is 2.88 Å². The fourth-order valence-electron chi connectivity index (χ4n) is 1.33. The topological polar surface area (TPSA) is 60.7 Å². The van der Waals surface area contributed by atoms with Crippen LogP contribution < -0.4 is 5.46 Å². The number of phenols is 1. The molecule has 1 heterocycles. The molecule has 0 atom stereocenters. The van der Waals surface area contributed by atoms with E-state index in [-0.39, 0.29) is 5.75 Å². The third kappa shape index (κ3) is 1.74. The second kappa shape index (κ2) is 3.69. The van der Waals surface area contributed by atoms with Crippen molar-refractivity contribution in [2.45, 2.75) is 0 Å². The Morgan fingerprint density at radius 3 is 2.57 bits per heavy atom. The molecule has 72 valence electrons. The number of phenolic OH excluding ortho intramolecular Hbond substituents is 1. The molecule has 0 aliphatic heterocycles. The average molecular weight is 320 g/mol. The third-order valence-corrected chi connectivity index (χ3v) is 3.74. The zero-order valence-electron chi connectivity index (χ0n) is 6.94. The van der Waals surface area contributed by atoms with Crippen molar-refractivity contribution < 1.29 is 15.2 Å². The largest absolute Gasteiger partial charge is 0.508 e. The van der Waals surface area contributed by atoms with Gasteiger partial charge in [0.1, 0.15) is 5.75 Å². The van der Waals surface area contributed by atoms with Gasteiger partial charge in [0.15, 0.2) is 0 Å². The number of thiophene rings is 1. The Morgan fingerprint density at radius 2 is 1.93 bits per heavy atom. The van der Waals surface area contributed by atoms with Crippen molar-refractivity contribution in [2.75, 3.05) is 0 Å². The van der Waals surface area contributed by atoms with Gasteiger partial charge < -0.3 is 15.2 Å². The Bertz CT molecular complexity index is 483. The van der Waals surface area contributed by atoms with Crippen LogP contribution in [0.15, 0.2) is 18.2 Å². The zero-order chi connectivity index (χ0) is 10.3. The van der Waals surface area contributed by atoms with E-state index in [2.05, 4.69) is 22.6 Å². The predicted octanol–water partition coefficient (Wildman–Crippen LogP) is 0.891. The number of hydrogen-bond donors (Lipinski definition) is 3. The summed E-state index contributed by atoms with van der Waals surface area (Å²) < 4.78 is 1.91. The van der Waals surface area contributed by atoms with Crippen LogP contribution in [-0.2, 0) is 0 Å². The summed E-state index contributed by atoms with van der Waals surface area (Å²) in [6.07, 6.45) is 0. The van der Waals surface area contributed by atoms with Crippen LogP contribution in [0.4, 0.5) is 0 Å². The fraction of sp³-hybridized carbons (Fsp3) is 0. The minimum absolute atomic E-state index is 0.0545. The molecule has 0 amide bonds. The summed E-state index contributed by atoms with van der Waals surface area (Å²) in [7, 11) is -1.55. The van der Waals surface area contributed by atoms with Gasteiger partial charge in [-0.1, -0.05) is 0 Å². The van der Waals surface area contributed by atoms with Crippen molar-refractivity contribution in [3.05, 3.63) is 21.1 Å². The van der Waals surface area contributed by atoms with Crippen LogP contribution in [0.2, 0.25) is 0 Å². The molecule has 0 unspecified atom stereocenters. The molecule has 2 aromatic rings. The molecule has 14 heavy (non-hydrogen) atoms. The Hall–Kier alpha value is -0.305. The predicted molar refractivity (Wildman–Crippen MR) is 66.0 cm³/mol. The van der Waals surface area contributed by atoms with Crippen LogP contribution in [0, 0.1) is 2.88 Å². The average Bonchev–Trinajstić information content (AvgIpc) is 2.42. The van der Waals surface area contributed by atoms with Gasteiger partial charge in [0.25, 0.3) is 0 Å². The Kier molecular flexibility index (Phi) is 2.69. The lowest BCUT2D eigenvalue weighted by Gasteiger charge is -2.02. The van der Waals surface area contributed by atoms with Gasteiger partial charge in [-0.2, -0.15) is 0 Å². The Morgan fingerprint density at radius 1 is 1.21 bits per heavy atom. The molecule has 0 bridgehead atoms. The first kappa shape index (κ1) is 10.2. The Balaban J connectivity index is 2.79. The summed E-state index contributed by atoms with van der Waals surface area (Å²) in [4.78, 5) is 0. The van der Waals surface area contributed by atoms with E-state index in [4.69, 9.17) is 10.0 Å². The van der Waals surface area contributed by atoms with Crippen LogP contribution in [-0.4, -0.2) is 22.3 Å². The van der Waals surface area contributed by atoms with E-state index in [0.717, 1.165) is 13.0 Å². The highest BCUT2D eigenvalue weighted by Crippen LogP contribution is 2.28. The number of rotatable bonds is 1. The lowest BCUT2D eigenvalue weighted by molar-refractivity contribution is 0.425. The molecule has 0 saturated heterocycles. The molecule has 0 saturated carbocycles. The van der Waals surface area contributed by atoms with E-state index < -0.39 is 7.12 Å². The Labute approximate surface area is 98.3 Å². The second-order valence-corrected chi connectivity index (χ2v) is 5.85. The van der Waals surface area contributed by atoms with Crippen LogP contribution >= 0.6 is 33.9 Å². The quantitative estimate of drug-likeness (QED) is 0.540. The van der Waals surface area contributed by atoms with Gasteiger partial charge in [-0.15, -0.1) is 11.3 Å². The summed E-state index contributed by atoms with van der Waals surface area (Å²) in [5.74, 6) is 0.0545. The summed E-state index contributed by atoms with van der Waals surface area (Å²) >= 11 is 3.66. The van der Waals surface area contributed by atoms with Crippen molar-refractivity contribution in [1.82, 2.24) is 0 Å². The lowest BCUT2D eigenvalue weighted by Crippen LogP contribution is -2.30. The lowest BCUT2D eigenvalue weighted by atomic mass is 9.78. The molecular weight excluding hydrogens is 314 g/mol. The fourth-order valence-corrected chi connectivity index (χ4v) is 3.21. The van der Waals surface area contributed by atoms with E-state index in [1.807, 2.05) is 6.07 Å². The van der Waals surface area contributed by atoms with Gasteiger partial charge in [-0.25, -0.2) is 0 Å². The van der Waals surface area contributed by atoms with Crippen LogP contribution in [0.3, 0.4) is 0 Å². The van der Waals surface area contributed by atoms with E-state index in [0.29, 0.717) is 5.46 Å². The van der Waals surface area contributed by atoms with Crippen LogP contribution in [0.1, 0.15) is 0 Å². The number of halogens is 1. The summed E-state index contributed by atoms with van der Waals surface area (Å²) in [5, 5.41) is 28.3. The maximum absolute atomic E-state index is 9.35. The maximum atomic E-state index is 9.35. The van der Waals surface area contributed by atoms with Gasteiger partial charge in [0, 0.05) is 4.70 Å². The highest BCUT2D eigenvalue weighted by molar-refractivity contribution is 14.1. The van der Waals surface area contributed by atoms with E-state index in [1.54, 1.807) is 6.07 Å². The molecule has 0 radical (unpaired) electrons. The van der Waals surface area contributed by atoms with Crippen molar-refractivity contribution in [3.8, 4) is 5.75 Å². The van der Waals surface area contributed by atoms with Crippen molar-refractivity contribution in [3.63, 3.8) is 0 Å². The molecule has 1 aromatic heterocycles. The number of fused-ring (bicyclic) bond motifs is 1. The molecule has 0 aliphatic rings. The first-order valence-electron chi connectivity index (χ1n) is 3.86. The molecule has 1 aromatic carbocycles. The monoisotopic (exact) mass is 320 g/mol. The van der Waals surface area contributed by atoms with E-state index >= 15 is 0 Å². The molecule has 2 rings (SSSR count). The van der Waals surface area contributed by atoms with Crippen molar-refractivity contribution in [1.29, 1.82) is 0 Å². The normalized spacial score (nSPS) is 10.8. The SMILES string of the molecule is OB(O)c1cc(O)cc2sc(I)cc12. The molecular formula is C8H6BIO3S. The minimum atomic E-state index is -1.55. The molecule has 0 aliphatic carbocycles. The third-order valence-electron chi connectivity index (χ3n) is 1.90. The molecule has 6 heteroatoms. The molecule has 3 N–H and O–H groups in total.